The van der Waals surface area contributed by atoms with Gasteiger partial charge in [-0.15, -0.1) is 0 Å². The highest BCUT2D eigenvalue weighted by Crippen LogP contribution is 2.21. The Labute approximate surface area is 132 Å². The fraction of sp³-hybridized carbons (Fsp3) is 0.188. The number of rotatable bonds is 5. The number of hydrogen-bond donors (Lipinski definition) is 0. The zero-order chi connectivity index (χ0) is 17.0. The Balaban J connectivity index is 2.12. The minimum atomic E-state index is -4.67. The molecule has 122 valence electrons. The van der Waals surface area contributed by atoms with Gasteiger partial charge in [-0.3, -0.25) is 0 Å². The van der Waals surface area contributed by atoms with Crippen molar-refractivity contribution in [2.24, 2.45) is 0 Å². The van der Waals surface area contributed by atoms with Crippen LogP contribution in [0.2, 0.25) is 0 Å². The van der Waals surface area contributed by atoms with Crippen LogP contribution in [0.25, 0.3) is 0 Å². The number of hydrogen-bond acceptors (Lipinski definition) is 4. The molecule has 2 rings (SSSR count). The molecule has 0 spiro atoms. The topological polar surface area (TPSA) is 60.4 Å². The molecule has 0 N–H and O–H groups in total. The molecule has 0 saturated heterocycles. The number of carbonyl (C=O) groups is 1. The first-order valence-electron chi connectivity index (χ1n) is 6.70. The van der Waals surface area contributed by atoms with E-state index in [0.29, 0.717) is 0 Å². The second-order valence-electron chi connectivity index (χ2n) is 4.79. The molecule has 0 fully saturated rings. The number of carbonyl (C=O) groups excluding carboxylic acids is 1. The maximum atomic E-state index is 12.4. The maximum absolute atomic E-state index is 12.4. The standard InChI is InChI=1S/C16H14F2O4S/c1-11(12-5-3-2-4-6-12)22-15(19)13-7-9-14(10-8-13)23(20,21)16(17)18/h2-11,16H,1H3. The third-order valence-electron chi connectivity index (χ3n) is 3.21. The average molecular weight is 340 g/mol. The van der Waals surface area contributed by atoms with Crippen molar-refractivity contribution in [3.05, 3.63) is 65.7 Å². The van der Waals surface area contributed by atoms with Gasteiger partial charge in [-0.2, -0.15) is 8.78 Å². The van der Waals surface area contributed by atoms with Crippen molar-refractivity contribution in [2.45, 2.75) is 23.7 Å². The Morgan fingerprint density at radius 2 is 1.57 bits per heavy atom. The Hall–Kier alpha value is -2.28. The van der Waals surface area contributed by atoms with Gasteiger partial charge in [-0.25, -0.2) is 13.2 Å². The fourth-order valence-electron chi connectivity index (χ4n) is 1.90. The summed E-state index contributed by atoms with van der Waals surface area (Å²) >= 11 is 0. The SMILES string of the molecule is CC(OC(=O)c1ccc(S(=O)(=O)C(F)F)cc1)c1ccccc1. The van der Waals surface area contributed by atoms with Crippen molar-refractivity contribution in [1.82, 2.24) is 0 Å². The lowest BCUT2D eigenvalue weighted by molar-refractivity contribution is 0.0338. The quantitative estimate of drug-likeness (QED) is 0.780. The van der Waals surface area contributed by atoms with E-state index in [1.54, 1.807) is 19.1 Å². The number of halogens is 2. The molecule has 1 unspecified atom stereocenters. The molecule has 7 heteroatoms. The monoisotopic (exact) mass is 340 g/mol. The Bertz CT molecular complexity index is 771. The van der Waals surface area contributed by atoms with Gasteiger partial charge in [0.15, 0.2) is 0 Å². The molecule has 0 amide bonds. The van der Waals surface area contributed by atoms with E-state index in [1.807, 2.05) is 18.2 Å². The van der Waals surface area contributed by atoms with Gasteiger partial charge in [-0.1, -0.05) is 30.3 Å². The van der Waals surface area contributed by atoms with E-state index in [0.717, 1.165) is 29.8 Å². The highest BCUT2D eigenvalue weighted by atomic mass is 32.2. The molecule has 0 radical (unpaired) electrons. The summed E-state index contributed by atoms with van der Waals surface area (Å²) in [5.74, 6) is -4.17. The fourth-order valence-corrected chi connectivity index (χ4v) is 2.63. The minimum Gasteiger partial charge on any atom is -0.454 e. The highest BCUT2D eigenvalue weighted by Gasteiger charge is 2.26. The average Bonchev–Trinajstić information content (AvgIpc) is 2.55. The molecule has 0 aliphatic carbocycles. The zero-order valence-electron chi connectivity index (χ0n) is 12.1. The number of sulfone groups is 1. The van der Waals surface area contributed by atoms with Gasteiger partial charge < -0.3 is 4.74 Å². The molecule has 4 nitrogen and oxygen atoms in total. The van der Waals surface area contributed by atoms with Gasteiger partial charge in [-0.05, 0) is 36.8 Å². The molecule has 23 heavy (non-hydrogen) atoms. The van der Waals surface area contributed by atoms with Gasteiger partial charge >= 0.3 is 11.7 Å². The van der Waals surface area contributed by atoms with E-state index < -0.39 is 32.6 Å². The Morgan fingerprint density at radius 1 is 1.00 bits per heavy atom. The first-order valence-corrected chi connectivity index (χ1v) is 8.25. The number of benzene rings is 2. The second kappa shape index (κ2) is 6.87. The second-order valence-corrected chi connectivity index (χ2v) is 6.71. The largest absolute Gasteiger partial charge is 0.454 e. The van der Waals surface area contributed by atoms with Crippen molar-refractivity contribution >= 4 is 15.8 Å². The first-order chi connectivity index (χ1) is 10.8. The van der Waals surface area contributed by atoms with Crippen molar-refractivity contribution in [1.29, 1.82) is 0 Å². The molecule has 2 aromatic carbocycles. The summed E-state index contributed by atoms with van der Waals surface area (Å²) in [6.07, 6.45) is -0.492. The van der Waals surface area contributed by atoms with E-state index in [4.69, 9.17) is 4.74 Å². The normalized spacial score (nSPS) is 12.9. The van der Waals surface area contributed by atoms with Crippen molar-refractivity contribution in [2.75, 3.05) is 0 Å². The summed E-state index contributed by atoms with van der Waals surface area (Å²) in [6, 6.07) is 13.3. The minimum absolute atomic E-state index is 0.0843. The van der Waals surface area contributed by atoms with Gasteiger partial charge in [0.25, 0.3) is 0 Å². The molecular formula is C16H14F2O4S. The maximum Gasteiger partial charge on any atom is 0.341 e. The van der Waals surface area contributed by atoms with Crippen LogP contribution in [0.1, 0.15) is 28.9 Å². The van der Waals surface area contributed by atoms with E-state index in [2.05, 4.69) is 0 Å². The number of alkyl halides is 2. The lowest BCUT2D eigenvalue weighted by Crippen LogP contribution is -2.12. The molecule has 0 aromatic heterocycles. The van der Waals surface area contributed by atoms with Gasteiger partial charge in [0.1, 0.15) is 6.10 Å². The highest BCUT2D eigenvalue weighted by molar-refractivity contribution is 7.91. The van der Waals surface area contributed by atoms with Crippen LogP contribution in [0.4, 0.5) is 8.78 Å². The van der Waals surface area contributed by atoms with Crippen LogP contribution in [0.5, 0.6) is 0 Å². The molecule has 0 bridgehead atoms. The Kier molecular flexibility index (Phi) is 5.10. The summed E-state index contributed by atoms with van der Waals surface area (Å²) in [7, 11) is -4.67. The van der Waals surface area contributed by atoms with Crippen LogP contribution >= 0.6 is 0 Å². The van der Waals surface area contributed by atoms with E-state index in [1.165, 1.54) is 0 Å². The van der Waals surface area contributed by atoms with E-state index in [-0.39, 0.29) is 5.56 Å². The summed E-state index contributed by atoms with van der Waals surface area (Å²) < 4.78 is 52.8. The summed E-state index contributed by atoms with van der Waals surface area (Å²) in [4.78, 5) is 11.5. The van der Waals surface area contributed by atoms with Crippen LogP contribution in [-0.2, 0) is 14.6 Å². The molecule has 0 heterocycles. The molecule has 0 saturated carbocycles. The van der Waals surface area contributed by atoms with Gasteiger partial charge in [0, 0.05) is 0 Å². The molecule has 0 aliphatic heterocycles. The first kappa shape index (κ1) is 17.1. The molecule has 2 aromatic rings. The van der Waals surface area contributed by atoms with Gasteiger partial charge in [0.05, 0.1) is 10.5 Å². The summed E-state index contributed by atoms with van der Waals surface area (Å²) in [6.45, 7) is 1.70. The summed E-state index contributed by atoms with van der Waals surface area (Å²) in [5, 5.41) is 0. The van der Waals surface area contributed by atoms with Crippen molar-refractivity contribution in [3.63, 3.8) is 0 Å². The van der Waals surface area contributed by atoms with Crippen molar-refractivity contribution < 1.29 is 26.7 Å². The summed E-state index contributed by atoms with van der Waals surface area (Å²) in [5.41, 5.74) is 0.888. The lowest BCUT2D eigenvalue weighted by Gasteiger charge is -2.13. The number of ether oxygens (including phenoxy) is 1. The molecular weight excluding hydrogens is 326 g/mol. The predicted molar refractivity (Wildman–Crippen MR) is 79.9 cm³/mol. The van der Waals surface area contributed by atoms with Crippen LogP contribution < -0.4 is 0 Å². The third-order valence-corrected chi connectivity index (χ3v) is 4.60. The lowest BCUT2D eigenvalue weighted by atomic mass is 10.1. The van der Waals surface area contributed by atoms with Crippen LogP contribution in [0.15, 0.2) is 59.5 Å². The zero-order valence-corrected chi connectivity index (χ0v) is 13.0. The molecule has 0 aliphatic rings. The molecule has 1 atom stereocenters. The van der Waals surface area contributed by atoms with Gasteiger partial charge in [0.2, 0.25) is 9.84 Å². The Morgan fingerprint density at radius 3 is 2.09 bits per heavy atom. The van der Waals surface area contributed by atoms with E-state index in [9.17, 15) is 22.0 Å². The smallest absolute Gasteiger partial charge is 0.341 e. The van der Waals surface area contributed by atoms with Crippen LogP contribution in [-0.4, -0.2) is 20.1 Å². The van der Waals surface area contributed by atoms with Crippen LogP contribution in [0.3, 0.4) is 0 Å². The van der Waals surface area contributed by atoms with E-state index >= 15 is 0 Å². The van der Waals surface area contributed by atoms with Crippen molar-refractivity contribution in [3.8, 4) is 0 Å². The number of esters is 1. The third kappa shape index (κ3) is 3.92. The predicted octanol–water partition coefficient (Wildman–Crippen LogP) is 3.60. The van der Waals surface area contributed by atoms with Crippen LogP contribution in [0, 0.1) is 0 Å².